The third-order valence-corrected chi connectivity index (χ3v) is 4.21. The molecule has 0 fully saturated rings. The SMILES string of the molecule is C[B]C1(C2=C/C(=C\C3(Br)N=C3C)C=C2)C=N1. The molecule has 1 aliphatic carbocycles. The van der Waals surface area contributed by atoms with Crippen molar-refractivity contribution < 1.29 is 0 Å². The molecule has 0 N–H and O–H groups in total. The Balaban J connectivity index is 1.81. The average molecular weight is 274 g/mol. The van der Waals surface area contributed by atoms with Crippen molar-refractivity contribution in [3.63, 3.8) is 0 Å². The fraction of sp³-hybridized carbons (Fsp3) is 0.333. The van der Waals surface area contributed by atoms with E-state index in [4.69, 9.17) is 0 Å². The highest BCUT2D eigenvalue weighted by Gasteiger charge is 2.41. The monoisotopic (exact) mass is 273 g/mol. The molecule has 0 aromatic rings. The Hall–Kier alpha value is -0.895. The Labute approximate surface area is 104 Å². The van der Waals surface area contributed by atoms with E-state index in [1.54, 1.807) is 0 Å². The molecule has 4 heteroatoms. The van der Waals surface area contributed by atoms with Gasteiger partial charge in [0.2, 0.25) is 0 Å². The lowest BCUT2D eigenvalue weighted by Gasteiger charge is -2.08. The molecular weight excluding hydrogens is 263 g/mol. The maximum absolute atomic E-state index is 4.33. The highest BCUT2D eigenvalue weighted by Crippen LogP contribution is 2.40. The Kier molecular flexibility index (Phi) is 1.97. The fourth-order valence-electron chi connectivity index (χ4n) is 1.91. The zero-order valence-electron chi connectivity index (χ0n) is 9.24. The number of aliphatic imine (C=N–C) groups is 2. The van der Waals surface area contributed by atoms with E-state index in [2.05, 4.69) is 57.5 Å². The molecular formula is C12H11BBrN2. The molecule has 2 aliphatic heterocycles. The van der Waals surface area contributed by atoms with Crippen molar-refractivity contribution in [1.29, 1.82) is 0 Å². The zero-order chi connectivity index (χ0) is 11.4. The van der Waals surface area contributed by atoms with Crippen molar-refractivity contribution in [2.45, 2.75) is 23.6 Å². The first kappa shape index (κ1) is 10.3. The van der Waals surface area contributed by atoms with Crippen molar-refractivity contribution in [2.75, 3.05) is 0 Å². The normalized spacial score (nSPS) is 41.1. The summed E-state index contributed by atoms with van der Waals surface area (Å²) < 4.78 is -0.202. The van der Waals surface area contributed by atoms with Crippen LogP contribution in [-0.4, -0.2) is 29.1 Å². The van der Waals surface area contributed by atoms with Crippen molar-refractivity contribution >= 4 is 35.1 Å². The number of alkyl halides is 1. The van der Waals surface area contributed by atoms with Gasteiger partial charge in [0, 0.05) is 6.21 Å². The predicted molar refractivity (Wildman–Crippen MR) is 72.9 cm³/mol. The van der Waals surface area contributed by atoms with Crippen molar-refractivity contribution in [3.8, 4) is 0 Å². The molecule has 2 nitrogen and oxygen atoms in total. The van der Waals surface area contributed by atoms with Gasteiger partial charge in [-0.1, -0.05) is 19.0 Å². The van der Waals surface area contributed by atoms with Gasteiger partial charge in [-0.05, 0) is 46.2 Å². The van der Waals surface area contributed by atoms with E-state index in [9.17, 15) is 0 Å². The summed E-state index contributed by atoms with van der Waals surface area (Å²) in [5.41, 5.74) is 3.47. The molecule has 2 unspecified atom stereocenters. The Morgan fingerprint density at radius 3 is 2.62 bits per heavy atom. The summed E-state index contributed by atoms with van der Waals surface area (Å²) in [6.07, 6.45) is 10.5. The summed E-state index contributed by atoms with van der Waals surface area (Å²) in [6.45, 7) is 4.07. The van der Waals surface area contributed by atoms with Crippen molar-refractivity contribution in [3.05, 3.63) is 35.5 Å². The van der Waals surface area contributed by atoms with E-state index in [1.165, 1.54) is 11.1 Å². The van der Waals surface area contributed by atoms with E-state index < -0.39 is 0 Å². The van der Waals surface area contributed by atoms with Crippen molar-refractivity contribution in [1.82, 2.24) is 0 Å². The Bertz CT molecular complexity index is 507. The highest BCUT2D eigenvalue weighted by molar-refractivity contribution is 9.10. The van der Waals surface area contributed by atoms with E-state index in [1.807, 2.05) is 20.0 Å². The number of hydrogen-bond donors (Lipinski definition) is 0. The molecule has 1 radical (unpaired) electrons. The highest BCUT2D eigenvalue weighted by atomic mass is 79.9. The second kappa shape index (κ2) is 3.07. The predicted octanol–water partition coefficient (Wildman–Crippen LogP) is 2.51. The average Bonchev–Trinajstić information content (AvgIpc) is 3.09. The Morgan fingerprint density at radius 1 is 1.44 bits per heavy atom. The minimum absolute atomic E-state index is 0.106. The van der Waals surface area contributed by atoms with E-state index in [-0.39, 0.29) is 9.89 Å². The maximum atomic E-state index is 4.33. The molecule has 3 aliphatic rings. The molecule has 3 rings (SSSR count). The van der Waals surface area contributed by atoms with Crippen LogP contribution in [0.2, 0.25) is 6.82 Å². The van der Waals surface area contributed by atoms with E-state index in [0.717, 1.165) is 5.71 Å². The third kappa shape index (κ3) is 1.47. The van der Waals surface area contributed by atoms with E-state index in [0.29, 0.717) is 0 Å². The molecule has 79 valence electrons. The molecule has 2 atom stereocenters. The molecule has 0 saturated carbocycles. The van der Waals surface area contributed by atoms with Gasteiger partial charge in [0.15, 0.2) is 11.7 Å². The number of hydrogen-bond acceptors (Lipinski definition) is 2. The van der Waals surface area contributed by atoms with Crippen LogP contribution in [-0.2, 0) is 0 Å². The molecule has 16 heavy (non-hydrogen) atoms. The Morgan fingerprint density at radius 2 is 2.12 bits per heavy atom. The molecule has 0 spiro atoms. The lowest BCUT2D eigenvalue weighted by Crippen LogP contribution is -2.21. The maximum Gasteiger partial charge on any atom is 0.171 e. The smallest absolute Gasteiger partial charge is 0.171 e. The van der Waals surface area contributed by atoms with Crippen LogP contribution in [0.5, 0.6) is 0 Å². The van der Waals surface area contributed by atoms with Crippen LogP contribution in [0.1, 0.15) is 6.92 Å². The molecule has 0 bridgehead atoms. The van der Waals surface area contributed by atoms with E-state index >= 15 is 0 Å². The van der Waals surface area contributed by atoms with Gasteiger partial charge in [0.1, 0.15) is 0 Å². The summed E-state index contributed by atoms with van der Waals surface area (Å²) >= 11 is 3.59. The topological polar surface area (TPSA) is 24.7 Å². The van der Waals surface area contributed by atoms with Crippen LogP contribution < -0.4 is 0 Å². The van der Waals surface area contributed by atoms with Crippen LogP contribution in [0.4, 0.5) is 0 Å². The number of allylic oxidation sites excluding steroid dienone is 3. The quantitative estimate of drug-likeness (QED) is 0.429. The molecule has 0 amide bonds. The van der Waals surface area contributed by atoms with Gasteiger partial charge in [0.25, 0.3) is 0 Å². The second-order valence-corrected chi connectivity index (χ2v) is 5.53. The van der Waals surface area contributed by atoms with Gasteiger partial charge >= 0.3 is 0 Å². The van der Waals surface area contributed by atoms with Crippen LogP contribution in [0.25, 0.3) is 0 Å². The lowest BCUT2D eigenvalue weighted by atomic mass is 9.61. The number of halogens is 1. The summed E-state index contributed by atoms with van der Waals surface area (Å²) in [4.78, 5) is 8.66. The standard InChI is InChI=1S/C12H11BBrN2/c1-8-12(14,16-8)6-9-3-4-10(5-9)11(13-2)7-15-11/h3-7H,1-2H3/b9-6-. The summed E-state index contributed by atoms with van der Waals surface area (Å²) in [5.74, 6) is 0. The van der Waals surface area contributed by atoms with Crippen LogP contribution in [0, 0.1) is 0 Å². The molecule has 2 heterocycles. The second-order valence-electron chi connectivity index (χ2n) is 4.32. The minimum atomic E-state index is -0.202. The number of nitrogens with zero attached hydrogens (tertiary/aromatic N) is 2. The first-order chi connectivity index (χ1) is 7.58. The molecule has 0 aromatic heterocycles. The summed E-state index contributed by atoms with van der Waals surface area (Å²) in [6, 6.07) is 0. The molecule has 0 aromatic carbocycles. The third-order valence-electron chi connectivity index (χ3n) is 3.23. The fourth-order valence-corrected chi connectivity index (χ4v) is 2.44. The number of rotatable bonds is 3. The van der Waals surface area contributed by atoms with Crippen LogP contribution in [0.3, 0.4) is 0 Å². The van der Waals surface area contributed by atoms with Crippen LogP contribution >= 0.6 is 15.9 Å². The summed E-state index contributed by atoms with van der Waals surface area (Å²) in [7, 11) is 2.12. The minimum Gasteiger partial charge on any atom is -0.288 e. The van der Waals surface area contributed by atoms with Gasteiger partial charge in [-0.3, -0.25) is 9.98 Å². The largest absolute Gasteiger partial charge is 0.288 e. The van der Waals surface area contributed by atoms with Crippen molar-refractivity contribution in [2.24, 2.45) is 9.98 Å². The van der Waals surface area contributed by atoms with Gasteiger partial charge in [0.05, 0.1) is 11.1 Å². The molecule has 0 saturated heterocycles. The van der Waals surface area contributed by atoms with Gasteiger partial charge < -0.3 is 0 Å². The first-order valence-electron chi connectivity index (χ1n) is 5.34. The zero-order valence-corrected chi connectivity index (χ0v) is 10.8. The lowest BCUT2D eigenvalue weighted by molar-refractivity contribution is 1.10. The first-order valence-corrected chi connectivity index (χ1v) is 6.13. The van der Waals surface area contributed by atoms with Gasteiger partial charge in [-0.25, -0.2) is 0 Å². The van der Waals surface area contributed by atoms with Crippen LogP contribution in [0.15, 0.2) is 45.4 Å². The van der Waals surface area contributed by atoms with Gasteiger partial charge in [-0.15, -0.1) is 0 Å². The van der Waals surface area contributed by atoms with Gasteiger partial charge in [-0.2, -0.15) is 0 Å². The summed E-state index contributed by atoms with van der Waals surface area (Å²) in [5, 5.41) is 0.